The number of nitrogens with two attached hydrogens (primary N) is 1. The molecule has 4 fully saturated rings. The number of carbonyl (C=O) groups excluding carboxylic acids is 1. The van der Waals surface area contributed by atoms with Crippen molar-refractivity contribution in [3.63, 3.8) is 0 Å². The number of carbonyl (C=O) groups is 1. The molecule has 0 bridgehead atoms. The molecule has 1 aliphatic carbocycles. The van der Waals surface area contributed by atoms with Crippen molar-refractivity contribution in [3.8, 4) is 0 Å². The Morgan fingerprint density at radius 1 is 1.26 bits per heavy atom. The summed E-state index contributed by atoms with van der Waals surface area (Å²) in [5.41, 5.74) is 5.94. The summed E-state index contributed by atoms with van der Waals surface area (Å²) in [5, 5.41) is 7.29. The molecule has 4 N–H and O–H groups in total. The number of fused-ring (bicyclic) bond motifs is 2. The van der Waals surface area contributed by atoms with E-state index in [2.05, 4.69) is 10.6 Å². The number of thioether (sulfide) groups is 1. The second-order valence-electron chi connectivity index (χ2n) is 7.62. The molecule has 4 aliphatic rings. The van der Waals surface area contributed by atoms with Crippen molar-refractivity contribution in [3.05, 3.63) is 0 Å². The Morgan fingerprint density at radius 3 is 2.91 bits per heavy atom. The normalized spacial score (nSPS) is 49.8. The number of nitrogens with zero attached hydrogens (tertiary/aromatic N) is 1. The predicted octanol–water partition coefficient (Wildman–Crippen LogP) is 0.649. The Kier molecular flexibility index (Phi) is 4.32. The Hall–Kier alpha value is -0.370. The van der Waals surface area contributed by atoms with Crippen molar-refractivity contribution >= 4 is 17.7 Å². The molecule has 5 nitrogen and oxygen atoms in total. The smallest absolute Gasteiger partial charge is 0.239 e. The number of amides is 1. The van der Waals surface area contributed by atoms with Crippen LogP contribution in [0, 0.1) is 11.8 Å². The maximum absolute atomic E-state index is 13.9. The molecular formula is C16H27FN4OS. The molecule has 0 aromatic heterocycles. The Balaban J connectivity index is 1.38. The van der Waals surface area contributed by atoms with E-state index in [0.29, 0.717) is 29.7 Å². The van der Waals surface area contributed by atoms with Crippen LogP contribution >= 0.6 is 11.8 Å². The largest absolute Gasteiger partial charge is 0.340 e. The quantitative estimate of drug-likeness (QED) is 0.653. The summed E-state index contributed by atoms with van der Waals surface area (Å²) in [5.74, 6) is 0.583. The molecule has 1 saturated carbocycles. The highest BCUT2D eigenvalue weighted by molar-refractivity contribution is 8.00. The van der Waals surface area contributed by atoms with Crippen LogP contribution in [-0.4, -0.2) is 58.9 Å². The van der Waals surface area contributed by atoms with Crippen molar-refractivity contribution in [1.29, 1.82) is 0 Å². The van der Waals surface area contributed by atoms with Crippen molar-refractivity contribution in [2.75, 3.05) is 13.1 Å². The lowest BCUT2D eigenvalue weighted by Gasteiger charge is -2.35. The van der Waals surface area contributed by atoms with E-state index in [-0.39, 0.29) is 23.4 Å². The Labute approximate surface area is 141 Å². The highest BCUT2D eigenvalue weighted by atomic mass is 32.2. The molecule has 130 valence electrons. The number of hydrogen-bond donors (Lipinski definition) is 3. The lowest BCUT2D eigenvalue weighted by molar-refractivity contribution is -0.134. The van der Waals surface area contributed by atoms with E-state index in [4.69, 9.17) is 5.73 Å². The number of hydrogen-bond acceptors (Lipinski definition) is 5. The van der Waals surface area contributed by atoms with Gasteiger partial charge in [0.05, 0.1) is 6.04 Å². The zero-order valence-electron chi connectivity index (χ0n) is 13.6. The maximum atomic E-state index is 13.9. The number of alkyl halides is 1. The van der Waals surface area contributed by atoms with E-state index in [1.807, 2.05) is 11.8 Å². The first-order valence-corrected chi connectivity index (χ1v) is 9.83. The van der Waals surface area contributed by atoms with E-state index in [1.165, 1.54) is 0 Å². The third kappa shape index (κ3) is 2.90. The van der Waals surface area contributed by atoms with E-state index < -0.39 is 6.17 Å². The van der Waals surface area contributed by atoms with Crippen molar-refractivity contribution in [2.45, 2.75) is 67.7 Å². The van der Waals surface area contributed by atoms with E-state index in [1.54, 1.807) is 11.8 Å². The zero-order valence-corrected chi connectivity index (χ0v) is 14.4. The summed E-state index contributed by atoms with van der Waals surface area (Å²) in [6.45, 7) is 3.59. The van der Waals surface area contributed by atoms with Crippen LogP contribution in [0.25, 0.3) is 0 Å². The van der Waals surface area contributed by atoms with Gasteiger partial charge in [0.15, 0.2) is 0 Å². The topological polar surface area (TPSA) is 70.4 Å². The number of nitrogens with one attached hydrogen (secondary N) is 2. The minimum Gasteiger partial charge on any atom is -0.340 e. The number of likely N-dealkylation sites (tertiary alicyclic amines) is 1. The summed E-state index contributed by atoms with van der Waals surface area (Å²) in [6, 6.07) is 0.632. The number of halogens is 1. The summed E-state index contributed by atoms with van der Waals surface area (Å²) in [7, 11) is 0. The first-order chi connectivity index (χ1) is 11.0. The Bertz CT molecular complexity index is 481. The minimum absolute atomic E-state index is 0.00476. The first kappa shape index (κ1) is 16.1. The fourth-order valence-electron chi connectivity index (χ4n) is 4.91. The van der Waals surface area contributed by atoms with Crippen molar-refractivity contribution in [2.24, 2.45) is 17.6 Å². The average molecular weight is 342 g/mol. The van der Waals surface area contributed by atoms with Gasteiger partial charge in [-0.2, -0.15) is 0 Å². The van der Waals surface area contributed by atoms with Crippen LogP contribution in [-0.2, 0) is 4.79 Å². The van der Waals surface area contributed by atoms with Gasteiger partial charge >= 0.3 is 0 Å². The van der Waals surface area contributed by atoms with Gasteiger partial charge in [-0.05, 0) is 37.5 Å². The van der Waals surface area contributed by atoms with E-state index in [0.717, 1.165) is 32.4 Å². The van der Waals surface area contributed by atoms with E-state index in [9.17, 15) is 9.18 Å². The molecular weight excluding hydrogens is 315 g/mol. The van der Waals surface area contributed by atoms with Gasteiger partial charge in [0.1, 0.15) is 11.7 Å². The average Bonchev–Trinajstić information content (AvgIpc) is 3.12. The summed E-state index contributed by atoms with van der Waals surface area (Å²) in [4.78, 5) is 14.9. The van der Waals surface area contributed by atoms with Crippen LogP contribution < -0.4 is 16.4 Å². The van der Waals surface area contributed by atoms with Crippen LogP contribution in [0.5, 0.6) is 0 Å². The van der Waals surface area contributed by atoms with Gasteiger partial charge in [-0.25, -0.2) is 4.39 Å². The lowest BCUT2D eigenvalue weighted by Crippen LogP contribution is -2.54. The fraction of sp³-hybridized carbons (Fsp3) is 0.938. The third-order valence-electron chi connectivity index (χ3n) is 6.31. The van der Waals surface area contributed by atoms with Crippen LogP contribution in [0.2, 0.25) is 0 Å². The van der Waals surface area contributed by atoms with Gasteiger partial charge in [0.2, 0.25) is 5.91 Å². The molecule has 23 heavy (non-hydrogen) atoms. The molecule has 0 aromatic carbocycles. The van der Waals surface area contributed by atoms with Gasteiger partial charge in [0.25, 0.3) is 0 Å². The maximum Gasteiger partial charge on any atom is 0.239 e. The molecule has 7 heteroatoms. The van der Waals surface area contributed by atoms with E-state index >= 15 is 0 Å². The third-order valence-corrected chi connectivity index (χ3v) is 7.56. The second kappa shape index (κ2) is 6.17. The van der Waals surface area contributed by atoms with Gasteiger partial charge in [-0.1, -0.05) is 6.92 Å². The van der Waals surface area contributed by atoms with Gasteiger partial charge in [-0.3, -0.25) is 10.1 Å². The molecule has 8 atom stereocenters. The number of piperidine rings is 1. The van der Waals surface area contributed by atoms with Crippen LogP contribution in [0.1, 0.15) is 32.6 Å². The van der Waals surface area contributed by atoms with Crippen LogP contribution in [0.15, 0.2) is 0 Å². The highest BCUT2D eigenvalue weighted by Gasteiger charge is 2.47. The molecule has 0 spiro atoms. The standard InChI is InChI=1S/C16H27FN4OS/c1-8-9-6-13(19-11(9)3-2-10(8)17)15(22)21-5-4-12-14(7-21)23-16(18)20-12/h8-14,16,19-20H,2-7,18H2,1H3. The molecule has 8 unspecified atom stereocenters. The fourth-order valence-corrected chi connectivity index (χ4v) is 6.21. The molecule has 3 saturated heterocycles. The lowest BCUT2D eigenvalue weighted by atomic mass is 9.76. The monoisotopic (exact) mass is 342 g/mol. The molecule has 3 aliphatic heterocycles. The summed E-state index contributed by atoms with van der Waals surface area (Å²) >= 11 is 1.74. The SMILES string of the molecule is CC1C(F)CCC2NC(C(=O)N3CCC4NC(N)SC4C3)CC21. The molecule has 1 amide bonds. The van der Waals surface area contributed by atoms with Gasteiger partial charge in [-0.15, -0.1) is 11.8 Å². The Morgan fingerprint density at radius 2 is 2.09 bits per heavy atom. The van der Waals surface area contributed by atoms with Crippen molar-refractivity contribution < 1.29 is 9.18 Å². The summed E-state index contributed by atoms with van der Waals surface area (Å²) < 4.78 is 13.9. The molecule has 0 radical (unpaired) electrons. The molecule has 0 aromatic rings. The molecule has 4 rings (SSSR count). The predicted molar refractivity (Wildman–Crippen MR) is 89.6 cm³/mol. The van der Waals surface area contributed by atoms with Crippen LogP contribution in [0.3, 0.4) is 0 Å². The molecule has 3 heterocycles. The summed E-state index contributed by atoms with van der Waals surface area (Å²) in [6.07, 6.45) is 2.55. The van der Waals surface area contributed by atoms with Gasteiger partial charge in [0, 0.05) is 30.4 Å². The highest BCUT2D eigenvalue weighted by Crippen LogP contribution is 2.40. The van der Waals surface area contributed by atoms with Gasteiger partial charge < -0.3 is 16.0 Å². The van der Waals surface area contributed by atoms with Crippen LogP contribution in [0.4, 0.5) is 4.39 Å². The first-order valence-electron chi connectivity index (χ1n) is 8.89. The second-order valence-corrected chi connectivity index (χ2v) is 9.00. The number of rotatable bonds is 1. The van der Waals surface area contributed by atoms with Crippen molar-refractivity contribution in [1.82, 2.24) is 15.5 Å². The zero-order chi connectivity index (χ0) is 16.1. The minimum atomic E-state index is -0.704.